The van der Waals surface area contributed by atoms with Crippen LogP contribution in [0.4, 0.5) is 0 Å². The lowest BCUT2D eigenvalue weighted by Crippen LogP contribution is -2.43. The van der Waals surface area contributed by atoms with E-state index < -0.39 is 18.5 Å². The molecule has 0 aromatic heterocycles. The van der Waals surface area contributed by atoms with Crippen LogP contribution in [0.2, 0.25) is 5.02 Å². The molecule has 1 aliphatic rings. The number of hydrogen-bond acceptors (Lipinski definition) is 6. The van der Waals surface area contributed by atoms with E-state index in [0.29, 0.717) is 43.1 Å². The van der Waals surface area contributed by atoms with Crippen LogP contribution in [0.1, 0.15) is 30.1 Å². The minimum atomic E-state index is -0.711. The van der Waals surface area contributed by atoms with E-state index in [1.165, 1.54) is 12.1 Å². The summed E-state index contributed by atoms with van der Waals surface area (Å²) in [4.78, 5) is 49.0. The summed E-state index contributed by atoms with van der Waals surface area (Å²) in [5.74, 6) is -1.93. The van der Waals surface area contributed by atoms with Crippen molar-refractivity contribution < 1.29 is 28.7 Å². The van der Waals surface area contributed by atoms with Gasteiger partial charge in [0.25, 0.3) is 11.8 Å². The van der Waals surface area contributed by atoms with E-state index in [0.717, 1.165) is 0 Å². The van der Waals surface area contributed by atoms with Gasteiger partial charge in [0.1, 0.15) is 6.54 Å². The highest BCUT2D eigenvalue weighted by atomic mass is 35.5. The monoisotopic (exact) mass is 410 g/mol. The molecule has 1 N–H and O–H groups in total. The number of likely N-dealkylation sites (tertiary alicyclic amines) is 1. The molecule has 0 aliphatic carbocycles. The Bertz CT molecular complexity index is 714. The van der Waals surface area contributed by atoms with Gasteiger partial charge in [0.2, 0.25) is 0 Å². The number of carbonyl (C=O) groups is 4. The number of carbonyl (C=O) groups excluding carboxylic acids is 4. The minimum Gasteiger partial charge on any atom is -0.466 e. The summed E-state index contributed by atoms with van der Waals surface area (Å²) in [6, 6.07) is 6.20. The predicted molar refractivity (Wildman–Crippen MR) is 101 cm³/mol. The summed E-state index contributed by atoms with van der Waals surface area (Å²) >= 11 is 5.75. The largest absolute Gasteiger partial charge is 0.466 e. The van der Waals surface area contributed by atoms with E-state index in [2.05, 4.69) is 5.32 Å². The molecular weight excluding hydrogens is 388 g/mol. The van der Waals surface area contributed by atoms with Gasteiger partial charge in [-0.05, 0) is 44.0 Å². The van der Waals surface area contributed by atoms with E-state index >= 15 is 0 Å². The molecule has 2 amide bonds. The van der Waals surface area contributed by atoms with E-state index in [1.54, 1.807) is 24.0 Å². The Morgan fingerprint density at radius 3 is 2.36 bits per heavy atom. The standard InChI is InChI=1S/C19H23ClN2O6/c1-2-27-19(26)14-7-9-22(10-8-14)16(23)12-28-17(24)11-21-18(25)13-3-5-15(20)6-4-13/h3-6,14H,2,7-12H2,1H3,(H,21,25). The molecule has 2 rings (SSSR count). The molecule has 1 saturated heterocycles. The molecule has 1 heterocycles. The number of piperidine rings is 1. The number of benzene rings is 1. The lowest BCUT2D eigenvalue weighted by atomic mass is 9.97. The molecule has 0 unspecified atom stereocenters. The molecule has 0 bridgehead atoms. The molecule has 0 spiro atoms. The summed E-state index contributed by atoms with van der Waals surface area (Å²) in [5.41, 5.74) is 0.359. The van der Waals surface area contributed by atoms with Gasteiger partial charge in [-0.15, -0.1) is 0 Å². The number of nitrogens with zero attached hydrogens (tertiary/aromatic N) is 1. The van der Waals surface area contributed by atoms with Crippen LogP contribution >= 0.6 is 11.6 Å². The number of nitrogens with one attached hydrogen (secondary N) is 1. The van der Waals surface area contributed by atoms with Gasteiger partial charge in [0, 0.05) is 23.7 Å². The Hall–Kier alpha value is -2.61. The topological polar surface area (TPSA) is 102 Å². The van der Waals surface area contributed by atoms with Gasteiger partial charge in [0.05, 0.1) is 12.5 Å². The van der Waals surface area contributed by atoms with Crippen molar-refractivity contribution >= 4 is 35.4 Å². The maximum Gasteiger partial charge on any atom is 0.325 e. The number of rotatable bonds is 7. The molecule has 28 heavy (non-hydrogen) atoms. The fourth-order valence-corrected chi connectivity index (χ4v) is 2.89. The van der Waals surface area contributed by atoms with Crippen molar-refractivity contribution in [2.45, 2.75) is 19.8 Å². The molecule has 0 saturated carbocycles. The van der Waals surface area contributed by atoms with Gasteiger partial charge in [-0.3, -0.25) is 19.2 Å². The third kappa shape index (κ3) is 6.53. The smallest absolute Gasteiger partial charge is 0.325 e. The summed E-state index contributed by atoms with van der Waals surface area (Å²) < 4.78 is 9.90. The second-order valence-corrected chi connectivity index (χ2v) is 6.69. The van der Waals surface area contributed by atoms with E-state index in [4.69, 9.17) is 21.1 Å². The van der Waals surface area contributed by atoms with E-state index in [-0.39, 0.29) is 24.3 Å². The number of hydrogen-bond donors (Lipinski definition) is 1. The minimum absolute atomic E-state index is 0.199. The summed E-state index contributed by atoms with van der Waals surface area (Å²) in [6.45, 7) is 2.16. The molecule has 9 heteroatoms. The van der Waals surface area contributed by atoms with Gasteiger partial charge >= 0.3 is 11.9 Å². The highest BCUT2D eigenvalue weighted by Crippen LogP contribution is 2.18. The molecule has 0 atom stereocenters. The van der Waals surface area contributed by atoms with Crippen LogP contribution < -0.4 is 5.32 Å². The van der Waals surface area contributed by atoms with Crippen molar-refractivity contribution in [3.8, 4) is 0 Å². The highest BCUT2D eigenvalue weighted by molar-refractivity contribution is 6.30. The number of amides is 2. The lowest BCUT2D eigenvalue weighted by molar-refractivity contribution is -0.154. The SMILES string of the molecule is CCOC(=O)C1CCN(C(=O)COC(=O)CNC(=O)c2ccc(Cl)cc2)CC1. The number of halogens is 1. The average molecular weight is 411 g/mol. The Morgan fingerprint density at radius 2 is 1.75 bits per heavy atom. The molecule has 8 nitrogen and oxygen atoms in total. The van der Waals surface area contributed by atoms with Crippen LogP contribution in [-0.4, -0.2) is 61.5 Å². The second-order valence-electron chi connectivity index (χ2n) is 6.26. The maximum atomic E-state index is 12.1. The Balaban J connectivity index is 1.67. The van der Waals surface area contributed by atoms with Gasteiger partial charge in [0.15, 0.2) is 6.61 Å². The Kier molecular flexibility index (Phi) is 8.25. The van der Waals surface area contributed by atoms with Gasteiger partial charge in [-0.25, -0.2) is 0 Å². The van der Waals surface area contributed by atoms with Crippen LogP contribution in [0.3, 0.4) is 0 Å². The maximum absolute atomic E-state index is 12.1. The van der Waals surface area contributed by atoms with E-state index in [9.17, 15) is 19.2 Å². The third-order valence-electron chi connectivity index (χ3n) is 4.32. The van der Waals surface area contributed by atoms with E-state index in [1.807, 2.05) is 0 Å². The van der Waals surface area contributed by atoms with Crippen LogP contribution in [0.5, 0.6) is 0 Å². The molecule has 1 aromatic rings. The average Bonchev–Trinajstić information content (AvgIpc) is 2.71. The van der Waals surface area contributed by atoms with Crippen LogP contribution in [-0.2, 0) is 23.9 Å². The zero-order valence-electron chi connectivity index (χ0n) is 15.6. The predicted octanol–water partition coefficient (Wildman–Crippen LogP) is 1.41. The molecule has 1 fully saturated rings. The zero-order chi connectivity index (χ0) is 20.5. The van der Waals surface area contributed by atoms with Crippen molar-refractivity contribution in [1.82, 2.24) is 10.2 Å². The van der Waals surface area contributed by atoms with Gasteiger partial charge < -0.3 is 19.7 Å². The molecule has 1 aromatic carbocycles. The van der Waals surface area contributed by atoms with Crippen molar-refractivity contribution in [3.05, 3.63) is 34.9 Å². The first-order chi connectivity index (χ1) is 13.4. The first kappa shape index (κ1) is 21.7. The Morgan fingerprint density at radius 1 is 1.11 bits per heavy atom. The number of ether oxygens (including phenoxy) is 2. The van der Waals surface area contributed by atoms with Crippen LogP contribution in [0, 0.1) is 5.92 Å². The zero-order valence-corrected chi connectivity index (χ0v) is 16.4. The highest BCUT2D eigenvalue weighted by Gasteiger charge is 2.28. The molecule has 0 radical (unpaired) electrons. The van der Waals surface area contributed by atoms with Crippen molar-refractivity contribution in [2.75, 3.05) is 32.8 Å². The number of esters is 2. The first-order valence-electron chi connectivity index (χ1n) is 9.04. The van der Waals surface area contributed by atoms with Crippen molar-refractivity contribution in [1.29, 1.82) is 0 Å². The first-order valence-corrected chi connectivity index (χ1v) is 9.42. The van der Waals surface area contributed by atoms with Crippen LogP contribution in [0.15, 0.2) is 24.3 Å². The lowest BCUT2D eigenvalue weighted by Gasteiger charge is -2.30. The summed E-state index contributed by atoms with van der Waals surface area (Å²) in [6.07, 6.45) is 1.05. The van der Waals surface area contributed by atoms with Gasteiger partial charge in [-0.2, -0.15) is 0 Å². The fourth-order valence-electron chi connectivity index (χ4n) is 2.77. The van der Waals surface area contributed by atoms with Crippen molar-refractivity contribution in [2.24, 2.45) is 5.92 Å². The Labute approximate surface area is 168 Å². The third-order valence-corrected chi connectivity index (χ3v) is 4.58. The van der Waals surface area contributed by atoms with Crippen molar-refractivity contribution in [3.63, 3.8) is 0 Å². The summed E-state index contributed by atoms with van der Waals surface area (Å²) in [7, 11) is 0. The van der Waals surface area contributed by atoms with Gasteiger partial charge in [-0.1, -0.05) is 11.6 Å². The molecule has 1 aliphatic heterocycles. The normalized spacial score (nSPS) is 14.3. The fraction of sp³-hybridized carbons (Fsp3) is 0.474. The van der Waals surface area contributed by atoms with Crippen LogP contribution in [0.25, 0.3) is 0 Å². The summed E-state index contributed by atoms with van der Waals surface area (Å²) in [5, 5.41) is 2.92. The second kappa shape index (κ2) is 10.7. The molecule has 152 valence electrons. The molecular formula is C19H23ClN2O6. The quantitative estimate of drug-likeness (QED) is 0.682.